The zero-order valence-electron chi connectivity index (χ0n) is 4.15. The van der Waals surface area contributed by atoms with E-state index in [4.69, 9.17) is 0 Å². The van der Waals surface area contributed by atoms with Crippen LogP contribution in [0.5, 0.6) is 0 Å². The average molecular weight is 91.1 g/mol. The zero-order chi connectivity index (χ0) is 4.69. The van der Waals surface area contributed by atoms with Gasteiger partial charge in [-0.3, -0.25) is 0 Å². The van der Waals surface area contributed by atoms with Gasteiger partial charge in [-0.05, 0) is 12.8 Å². The Morgan fingerprint density at radius 2 is 1.57 bits per heavy atom. The third-order valence-electron chi connectivity index (χ3n) is 1.58. The molecule has 0 aromatic rings. The van der Waals surface area contributed by atoms with Gasteiger partial charge in [-0.1, -0.05) is 23.3 Å². The quantitative estimate of drug-likeness (QED) is 0.426. The van der Waals surface area contributed by atoms with E-state index in [1.54, 1.807) is 0 Å². The molecular formula is C7H7. The highest BCUT2D eigenvalue weighted by Gasteiger charge is 2.15. The van der Waals surface area contributed by atoms with Crippen LogP contribution in [0, 0.1) is 6.42 Å². The summed E-state index contributed by atoms with van der Waals surface area (Å²) in [6.07, 6.45) is 9.29. The fourth-order valence-electron chi connectivity index (χ4n) is 1.15. The Labute approximate surface area is 43.5 Å². The largest absolute Gasteiger partial charge is 0.0624 e. The lowest BCUT2D eigenvalue weighted by molar-refractivity contribution is 1.04. The first kappa shape index (κ1) is 3.48. The van der Waals surface area contributed by atoms with Crippen LogP contribution in [-0.2, 0) is 0 Å². The van der Waals surface area contributed by atoms with E-state index in [9.17, 15) is 0 Å². The second-order valence-corrected chi connectivity index (χ2v) is 2.13. The van der Waals surface area contributed by atoms with Crippen LogP contribution in [0.4, 0.5) is 0 Å². The molecule has 0 nitrogen and oxygen atoms in total. The van der Waals surface area contributed by atoms with E-state index in [-0.39, 0.29) is 0 Å². The Bertz CT molecular complexity index is 131. The van der Waals surface area contributed by atoms with Crippen LogP contribution in [0.3, 0.4) is 0 Å². The Hall–Kier alpha value is -0.520. The fraction of sp³-hybridized carbons (Fsp3) is 0.286. The summed E-state index contributed by atoms with van der Waals surface area (Å²) in [5.74, 6) is 0. The lowest BCUT2D eigenvalue weighted by Crippen LogP contribution is -1.67. The van der Waals surface area contributed by atoms with E-state index >= 15 is 0 Å². The van der Waals surface area contributed by atoms with Gasteiger partial charge in [0.25, 0.3) is 0 Å². The minimum atomic E-state index is 1.30. The van der Waals surface area contributed by atoms with Crippen LogP contribution in [0.1, 0.15) is 12.8 Å². The first-order chi connectivity index (χ1) is 3.45. The van der Waals surface area contributed by atoms with E-state index in [0.717, 1.165) is 0 Å². The summed E-state index contributed by atoms with van der Waals surface area (Å²) in [7, 11) is 0. The van der Waals surface area contributed by atoms with Gasteiger partial charge in [0.15, 0.2) is 0 Å². The van der Waals surface area contributed by atoms with Crippen LogP contribution >= 0.6 is 0 Å². The molecule has 35 valence electrons. The third kappa shape index (κ3) is 0.365. The maximum absolute atomic E-state index is 2.28. The minimum absolute atomic E-state index is 1.30. The number of hydrogen-bond acceptors (Lipinski definition) is 0. The predicted molar refractivity (Wildman–Crippen MR) is 29.7 cm³/mol. The molecule has 2 bridgehead atoms. The van der Waals surface area contributed by atoms with Gasteiger partial charge in [0, 0.05) is 6.42 Å². The number of allylic oxidation sites excluding steroid dienone is 4. The molecule has 0 aromatic carbocycles. The summed E-state index contributed by atoms with van der Waals surface area (Å²) in [5.41, 5.74) is 3.05. The molecular weight excluding hydrogens is 84.1 g/mol. The fourth-order valence-corrected chi connectivity index (χ4v) is 1.15. The van der Waals surface area contributed by atoms with Gasteiger partial charge < -0.3 is 0 Å². The van der Waals surface area contributed by atoms with Crippen LogP contribution in [0.15, 0.2) is 23.3 Å². The highest BCUT2D eigenvalue weighted by atomic mass is 14.2. The molecule has 0 heteroatoms. The predicted octanol–water partition coefficient (Wildman–Crippen LogP) is 1.85. The summed E-state index contributed by atoms with van der Waals surface area (Å²) in [6.45, 7) is 0. The van der Waals surface area contributed by atoms with Crippen molar-refractivity contribution >= 4 is 0 Å². The maximum atomic E-state index is 2.28. The van der Waals surface area contributed by atoms with Crippen LogP contribution < -0.4 is 0 Å². The highest BCUT2D eigenvalue weighted by Crippen LogP contribution is 2.33. The van der Waals surface area contributed by atoms with Crippen molar-refractivity contribution in [1.29, 1.82) is 0 Å². The molecule has 1 saturated carbocycles. The lowest BCUT2D eigenvalue weighted by atomic mass is 10.2. The monoisotopic (exact) mass is 91.1 g/mol. The Morgan fingerprint density at radius 1 is 1.00 bits per heavy atom. The van der Waals surface area contributed by atoms with Crippen molar-refractivity contribution in [1.82, 2.24) is 0 Å². The van der Waals surface area contributed by atoms with Crippen molar-refractivity contribution in [2.75, 3.05) is 0 Å². The van der Waals surface area contributed by atoms with E-state index in [0.29, 0.717) is 0 Å². The van der Waals surface area contributed by atoms with Gasteiger partial charge in [-0.25, -0.2) is 0 Å². The third-order valence-corrected chi connectivity index (χ3v) is 1.58. The van der Waals surface area contributed by atoms with Gasteiger partial charge >= 0.3 is 0 Å². The van der Waals surface area contributed by atoms with Crippen molar-refractivity contribution in [2.45, 2.75) is 12.8 Å². The normalized spacial score (nSPS) is 25.1. The molecule has 0 aliphatic heterocycles. The molecule has 0 heterocycles. The number of rotatable bonds is 0. The first-order valence-electron chi connectivity index (χ1n) is 2.70. The lowest BCUT2D eigenvalue weighted by Gasteiger charge is -1.87. The van der Waals surface area contributed by atoms with Crippen molar-refractivity contribution in [3.8, 4) is 0 Å². The molecule has 0 atom stereocenters. The molecule has 2 aliphatic carbocycles. The van der Waals surface area contributed by atoms with E-state index < -0.39 is 0 Å². The first-order valence-corrected chi connectivity index (χ1v) is 2.70. The molecule has 0 unspecified atom stereocenters. The number of hydrogen-bond donors (Lipinski definition) is 0. The molecule has 0 amide bonds. The SMILES string of the molecule is [CH]1C2=CC=C1CC2. The van der Waals surface area contributed by atoms with Crippen molar-refractivity contribution < 1.29 is 0 Å². The maximum Gasteiger partial charge on any atom is 0.0117 e. The van der Waals surface area contributed by atoms with Gasteiger partial charge in [-0.15, -0.1) is 0 Å². The molecule has 2 rings (SSSR count). The van der Waals surface area contributed by atoms with Gasteiger partial charge in [-0.2, -0.15) is 0 Å². The molecule has 2 aliphatic rings. The zero-order valence-corrected chi connectivity index (χ0v) is 4.15. The van der Waals surface area contributed by atoms with Crippen LogP contribution in [-0.4, -0.2) is 0 Å². The number of fused-ring (bicyclic) bond motifs is 2. The smallest absolute Gasteiger partial charge is 0.0117 e. The van der Waals surface area contributed by atoms with Crippen molar-refractivity contribution in [2.24, 2.45) is 0 Å². The van der Waals surface area contributed by atoms with E-state index in [1.165, 1.54) is 24.0 Å². The Kier molecular flexibility index (Phi) is 0.498. The van der Waals surface area contributed by atoms with Gasteiger partial charge in [0.2, 0.25) is 0 Å². The second-order valence-electron chi connectivity index (χ2n) is 2.13. The molecule has 0 spiro atoms. The van der Waals surface area contributed by atoms with E-state index in [1.807, 2.05) is 0 Å². The van der Waals surface area contributed by atoms with Gasteiger partial charge in [0.05, 0.1) is 0 Å². The van der Waals surface area contributed by atoms with Crippen molar-refractivity contribution in [3.05, 3.63) is 29.7 Å². The second kappa shape index (κ2) is 1.00. The molecule has 0 saturated heterocycles. The summed E-state index contributed by atoms with van der Waals surface area (Å²) < 4.78 is 0. The molecule has 1 fully saturated rings. The average Bonchev–Trinajstić information content (AvgIpc) is 2.22. The molecule has 0 N–H and O–H groups in total. The van der Waals surface area contributed by atoms with Gasteiger partial charge in [0.1, 0.15) is 0 Å². The summed E-state index contributed by atoms with van der Waals surface area (Å²) in [5, 5.41) is 0. The standard InChI is InChI=1S/C7H7/c1-2-7-4-3-6(1)5-7/h1-2,5H,3-4H2. The molecule has 7 heavy (non-hydrogen) atoms. The molecule has 0 aromatic heterocycles. The van der Waals surface area contributed by atoms with Crippen LogP contribution in [0.25, 0.3) is 0 Å². The Balaban J connectivity index is 2.45. The summed E-state index contributed by atoms with van der Waals surface area (Å²) >= 11 is 0. The highest BCUT2D eigenvalue weighted by molar-refractivity contribution is 5.46. The van der Waals surface area contributed by atoms with Crippen molar-refractivity contribution in [3.63, 3.8) is 0 Å². The summed E-state index contributed by atoms with van der Waals surface area (Å²) in [4.78, 5) is 0. The summed E-state index contributed by atoms with van der Waals surface area (Å²) in [6, 6.07) is 0. The Morgan fingerprint density at radius 3 is 1.71 bits per heavy atom. The minimum Gasteiger partial charge on any atom is -0.0624 e. The topological polar surface area (TPSA) is 0 Å². The van der Waals surface area contributed by atoms with E-state index in [2.05, 4.69) is 18.6 Å². The molecule has 1 radical (unpaired) electrons. The van der Waals surface area contributed by atoms with Crippen LogP contribution in [0.2, 0.25) is 0 Å².